The molecule has 0 bridgehead atoms. The van der Waals surface area contributed by atoms with Crippen LogP contribution in [-0.4, -0.2) is 13.8 Å². The van der Waals surface area contributed by atoms with Gasteiger partial charge in [-0.3, -0.25) is 0 Å². The lowest BCUT2D eigenvalue weighted by molar-refractivity contribution is 0.221. The van der Waals surface area contributed by atoms with Gasteiger partial charge in [-0.15, -0.1) is 0 Å². The smallest absolute Gasteiger partial charge is 0.127 e. The first kappa shape index (κ1) is 11.5. The van der Waals surface area contributed by atoms with Crippen molar-refractivity contribution in [3.8, 4) is 11.5 Å². The maximum absolute atomic E-state index is 5.68. The summed E-state index contributed by atoms with van der Waals surface area (Å²) < 4.78 is 10.6. The average Bonchev–Trinajstić information content (AvgIpc) is 2.39. The van der Waals surface area contributed by atoms with Crippen molar-refractivity contribution in [1.82, 2.24) is 0 Å². The fraction of sp³-hybridized carbons (Fsp3) is 0.143. The molecule has 0 radical (unpaired) electrons. The van der Waals surface area contributed by atoms with Crippen LogP contribution in [-0.2, 0) is 4.74 Å². The molecule has 0 amide bonds. The molecule has 0 heterocycles. The molecule has 0 fully saturated rings. The van der Waals surface area contributed by atoms with E-state index in [0.717, 1.165) is 17.2 Å². The van der Waals surface area contributed by atoms with Crippen LogP contribution >= 0.6 is 0 Å². The molecular formula is C14H15NO2. The van der Waals surface area contributed by atoms with E-state index in [-0.39, 0.29) is 0 Å². The Morgan fingerprint density at radius 3 is 2.18 bits per heavy atom. The Hall–Kier alpha value is -2.00. The molecule has 0 aliphatic carbocycles. The van der Waals surface area contributed by atoms with Gasteiger partial charge in [0.2, 0.25) is 0 Å². The highest BCUT2D eigenvalue weighted by atomic mass is 16.5. The summed E-state index contributed by atoms with van der Waals surface area (Å²) in [6.45, 7) is 0.499. The largest absolute Gasteiger partial charge is 0.457 e. The maximum Gasteiger partial charge on any atom is 0.127 e. The fourth-order valence-electron chi connectivity index (χ4n) is 1.42. The minimum absolute atomic E-state index is 0.499. The molecular weight excluding hydrogens is 214 g/mol. The third-order valence-corrected chi connectivity index (χ3v) is 2.25. The monoisotopic (exact) mass is 229 g/mol. The zero-order chi connectivity index (χ0) is 11.9. The van der Waals surface area contributed by atoms with Gasteiger partial charge in [-0.1, -0.05) is 18.2 Å². The van der Waals surface area contributed by atoms with E-state index in [1.807, 2.05) is 54.6 Å². The third-order valence-electron chi connectivity index (χ3n) is 2.25. The minimum atomic E-state index is 0.499. The number of ether oxygens (including phenoxy) is 2. The summed E-state index contributed by atoms with van der Waals surface area (Å²) in [4.78, 5) is 0. The second kappa shape index (κ2) is 5.92. The van der Waals surface area contributed by atoms with Crippen LogP contribution in [0.5, 0.6) is 11.5 Å². The number of benzene rings is 2. The van der Waals surface area contributed by atoms with Crippen molar-refractivity contribution >= 4 is 5.69 Å². The number of methoxy groups -OCH3 is 1. The van der Waals surface area contributed by atoms with Crippen molar-refractivity contribution in [2.24, 2.45) is 0 Å². The summed E-state index contributed by atoms with van der Waals surface area (Å²) >= 11 is 0. The summed E-state index contributed by atoms with van der Waals surface area (Å²) in [6, 6.07) is 17.5. The predicted molar refractivity (Wildman–Crippen MR) is 68.5 cm³/mol. The van der Waals surface area contributed by atoms with Gasteiger partial charge in [-0.2, -0.15) is 0 Å². The van der Waals surface area contributed by atoms with Gasteiger partial charge in [0.25, 0.3) is 0 Å². The third kappa shape index (κ3) is 3.50. The van der Waals surface area contributed by atoms with E-state index < -0.39 is 0 Å². The van der Waals surface area contributed by atoms with E-state index in [1.54, 1.807) is 7.11 Å². The molecule has 2 rings (SSSR count). The van der Waals surface area contributed by atoms with Crippen LogP contribution in [0.3, 0.4) is 0 Å². The SMILES string of the molecule is COCNc1ccc(Oc2ccccc2)cc1. The number of rotatable bonds is 5. The molecule has 0 unspecified atom stereocenters. The molecule has 3 heteroatoms. The van der Waals surface area contributed by atoms with Gasteiger partial charge < -0.3 is 14.8 Å². The van der Waals surface area contributed by atoms with Crippen LogP contribution < -0.4 is 10.1 Å². The molecule has 3 nitrogen and oxygen atoms in total. The molecule has 0 saturated heterocycles. The van der Waals surface area contributed by atoms with Crippen molar-refractivity contribution < 1.29 is 9.47 Å². The van der Waals surface area contributed by atoms with Crippen LogP contribution in [0.15, 0.2) is 54.6 Å². The van der Waals surface area contributed by atoms with Crippen LogP contribution in [0.4, 0.5) is 5.69 Å². The maximum atomic E-state index is 5.68. The number of para-hydroxylation sites is 1. The van der Waals surface area contributed by atoms with E-state index >= 15 is 0 Å². The van der Waals surface area contributed by atoms with Gasteiger partial charge in [0.15, 0.2) is 0 Å². The van der Waals surface area contributed by atoms with E-state index in [2.05, 4.69) is 5.32 Å². The Balaban J connectivity index is 1.98. The molecule has 2 aromatic rings. The first-order valence-electron chi connectivity index (χ1n) is 5.44. The Morgan fingerprint density at radius 2 is 1.53 bits per heavy atom. The molecule has 0 spiro atoms. The van der Waals surface area contributed by atoms with Crippen LogP contribution in [0.25, 0.3) is 0 Å². The van der Waals surface area contributed by atoms with E-state index in [0.29, 0.717) is 6.73 Å². The van der Waals surface area contributed by atoms with Crippen molar-refractivity contribution in [1.29, 1.82) is 0 Å². The van der Waals surface area contributed by atoms with Crippen LogP contribution in [0.1, 0.15) is 0 Å². The summed E-state index contributed by atoms with van der Waals surface area (Å²) in [5.74, 6) is 1.66. The second-order valence-corrected chi connectivity index (χ2v) is 3.55. The molecule has 0 aliphatic heterocycles. The van der Waals surface area contributed by atoms with Crippen molar-refractivity contribution in [2.75, 3.05) is 19.2 Å². The normalized spacial score (nSPS) is 9.94. The summed E-state index contributed by atoms with van der Waals surface area (Å²) in [6.07, 6.45) is 0. The molecule has 0 saturated carbocycles. The van der Waals surface area contributed by atoms with E-state index in [1.165, 1.54) is 0 Å². The topological polar surface area (TPSA) is 30.5 Å². The lowest BCUT2D eigenvalue weighted by atomic mass is 10.3. The van der Waals surface area contributed by atoms with Gasteiger partial charge >= 0.3 is 0 Å². The number of nitrogens with one attached hydrogen (secondary N) is 1. The summed E-state index contributed by atoms with van der Waals surface area (Å²) in [7, 11) is 1.65. The highest BCUT2D eigenvalue weighted by molar-refractivity contribution is 5.46. The molecule has 17 heavy (non-hydrogen) atoms. The highest BCUT2D eigenvalue weighted by Crippen LogP contribution is 2.22. The van der Waals surface area contributed by atoms with Gasteiger partial charge in [0, 0.05) is 12.8 Å². The molecule has 2 aromatic carbocycles. The zero-order valence-corrected chi connectivity index (χ0v) is 9.72. The van der Waals surface area contributed by atoms with Gasteiger partial charge in [-0.05, 0) is 36.4 Å². The number of hydrogen-bond donors (Lipinski definition) is 1. The van der Waals surface area contributed by atoms with Crippen molar-refractivity contribution in [2.45, 2.75) is 0 Å². The second-order valence-electron chi connectivity index (χ2n) is 3.55. The minimum Gasteiger partial charge on any atom is -0.457 e. The van der Waals surface area contributed by atoms with Gasteiger partial charge in [-0.25, -0.2) is 0 Å². The predicted octanol–water partition coefficient (Wildman–Crippen LogP) is 3.49. The molecule has 0 atom stereocenters. The molecule has 0 aliphatic rings. The Kier molecular flexibility index (Phi) is 4.00. The van der Waals surface area contributed by atoms with Gasteiger partial charge in [0.1, 0.15) is 18.2 Å². The standard InChI is InChI=1S/C14H15NO2/c1-16-11-15-12-7-9-14(10-8-12)17-13-5-3-2-4-6-13/h2-10,15H,11H2,1H3. The Bertz CT molecular complexity index is 440. The van der Waals surface area contributed by atoms with Crippen LogP contribution in [0, 0.1) is 0 Å². The lowest BCUT2D eigenvalue weighted by Gasteiger charge is -2.07. The first-order chi connectivity index (χ1) is 8.38. The van der Waals surface area contributed by atoms with Crippen LogP contribution in [0.2, 0.25) is 0 Å². The fourth-order valence-corrected chi connectivity index (χ4v) is 1.42. The zero-order valence-electron chi connectivity index (χ0n) is 9.72. The quantitative estimate of drug-likeness (QED) is 0.796. The van der Waals surface area contributed by atoms with E-state index in [9.17, 15) is 0 Å². The first-order valence-corrected chi connectivity index (χ1v) is 5.44. The molecule has 0 aromatic heterocycles. The van der Waals surface area contributed by atoms with Gasteiger partial charge in [0.05, 0.1) is 0 Å². The summed E-state index contributed by atoms with van der Waals surface area (Å²) in [5.41, 5.74) is 1.01. The summed E-state index contributed by atoms with van der Waals surface area (Å²) in [5, 5.41) is 3.11. The van der Waals surface area contributed by atoms with Crippen molar-refractivity contribution in [3.05, 3.63) is 54.6 Å². The Morgan fingerprint density at radius 1 is 0.882 bits per heavy atom. The molecule has 88 valence electrons. The number of anilines is 1. The average molecular weight is 229 g/mol. The lowest BCUT2D eigenvalue weighted by Crippen LogP contribution is -2.02. The van der Waals surface area contributed by atoms with E-state index in [4.69, 9.17) is 9.47 Å². The highest BCUT2D eigenvalue weighted by Gasteiger charge is 1.96. The van der Waals surface area contributed by atoms with Crippen molar-refractivity contribution in [3.63, 3.8) is 0 Å². The molecule has 1 N–H and O–H groups in total. The number of hydrogen-bond acceptors (Lipinski definition) is 3. The Labute approximate surface area is 101 Å².